The van der Waals surface area contributed by atoms with Crippen molar-refractivity contribution in [2.24, 2.45) is 0 Å². The van der Waals surface area contributed by atoms with E-state index < -0.39 is 0 Å². The molecular formula is C14H18BrNO. The number of benzene rings is 1. The Kier molecular flexibility index (Phi) is 4.21. The zero-order valence-corrected chi connectivity index (χ0v) is 11.7. The Morgan fingerprint density at radius 3 is 2.82 bits per heavy atom. The highest BCUT2D eigenvalue weighted by Gasteiger charge is 2.22. The molecule has 1 aliphatic rings. The molecule has 0 N–H and O–H groups in total. The van der Waals surface area contributed by atoms with Gasteiger partial charge in [-0.1, -0.05) is 47.1 Å². The van der Waals surface area contributed by atoms with E-state index in [0.717, 1.165) is 32.4 Å². The first kappa shape index (κ1) is 12.6. The lowest BCUT2D eigenvalue weighted by atomic mass is 10.0. The molecule has 1 aromatic rings. The van der Waals surface area contributed by atoms with Crippen LogP contribution in [-0.4, -0.2) is 22.2 Å². The van der Waals surface area contributed by atoms with Gasteiger partial charge in [-0.3, -0.25) is 4.79 Å². The van der Waals surface area contributed by atoms with E-state index in [1.54, 1.807) is 0 Å². The molecule has 0 radical (unpaired) electrons. The van der Waals surface area contributed by atoms with Crippen LogP contribution < -0.4 is 0 Å². The summed E-state index contributed by atoms with van der Waals surface area (Å²) in [5, 5.41) is 0. The van der Waals surface area contributed by atoms with Crippen molar-refractivity contribution in [1.29, 1.82) is 0 Å². The lowest BCUT2D eigenvalue weighted by Gasteiger charge is -2.23. The number of rotatable bonds is 2. The number of carbonyl (C=O) groups is 1. The second-order valence-electron chi connectivity index (χ2n) is 4.51. The largest absolute Gasteiger partial charge is 0.337 e. The Balaban J connectivity index is 2.15. The SMILES string of the molecule is CCC(Br)C(=O)N1CCCc2ccccc2C1. The van der Waals surface area contributed by atoms with Gasteiger partial charge in [0.2, 0.25) is 5.91 Å². The Morgan fingerprint density at radius 1 is 1.41 bits per heavy atom. The minimum atomic E-state index is -0.0345. The number of halogens is 1. The fraction of sp³-hybridized carbons (Fsp3) is 0.500. The highest BCUT2D eigenvalue weighted by Crippen LogP contribution is 2.20. The van der Waals surface area contributed by atoms with Crippen LogP contribution in [0.1, 0.15) is 30.9 Å². The van der Waals surface area contributed by atoms with E-state index >= 15 is 0 Å². The van der Waals surface area contributed by atoms with Crippen molar-refractivity contribution in [3.05, 3.63) is 35.4 Å². The molecule has 17 heavy (non-hydrogen) atoms. The van der Waals surface area contributed by atoms with Crippen LogP contribution in [0.4, 0.5) is 0 Å². The highest BCUT2D eigenvalue weighted by molar-refractivity contribution is 9.10. The van der Waals surface area contributed by atoms with E-state index in [1.165, 1.54) is 11.1 Å². The van der Waals surface area contributed by atoms with Gasteiger partial charge in [0.25, 0.3) is 0 Å². The zero-order valence-electron chi connectivity index (χ0n) is 10.2. The van der Waals surface area contributed by atoms with Crippen LogP contribution >= 0.6 is 15.9 Å². The maximum absolute atomic E-state index is 12.2. The molecule has 1 atom stereocenters. The number of alkyl halides is 1. The second kappa shape index (κ2) is 5.67. The van der Waals surface area contributed by atoms with E-state index in [-0.39, 0.29) is 10.7 Å². The summed E-state index contributed by atoms with van der Waals surface area (Å²) in [4.78, 5) is 14.1. The summed E-state index contributed by atoms with van der Waals surface area (Å²) in [7, 11) is 0. The smallest absolute Gasteiger partial charge is 0.236 e. The molecule has 1 heterocycles. The quantitative estimate of drug-likeness (QED) is 0.768. The van der Waals surface area contributed by atoms with Crippen LogP contribution in [0.15, 0.2) is 24.3 Å². The first-order valence-electron chi connectivity index (χ1n) is 6.22. The third kappa shape index (κ3) is 2.89. The number of nitrogens with zero attached hydrogens (tertiary/aromatic N) is 1. The van der Waals surface area contributed by atoms with Crippen molar-refractivity contribution >= 4 is 21.8 Å². The van der Waals surface area contributed by atoms with Crippen molar-refractivity contribution < 1.29 is 4.79 Å². The predicted octanol–water partition coefficient (Wildman–Crippen LogP) is 3.13. The molecule has 0 saturated carbocycles. The standard InChI is InChI=1S/C14H18BrNO/c1-2-13(15)14(17)16-9-5-8-11-6-3-4-7-12(11)10-16/h3-4,6-7,13H,2,5,8-10H2,1H3. The number of carbonyl (C=O) groups excluding carboxylic acids is 1. The molecular weight excluding hydrogens is 278 g/mol. The predicted molar refractivity (Wildman–Crippen MR) is 73.2 cm³/mol. The van der Waals surface area contributed by atoms with Gasteiger partial charge in [0, 0.05) is 13.1 Å². The molecule has 0 fully saturated rings. The number of hydrogen-bond acceptors (Lipinski definition) is 1. The van der Waals surface area contributed by atoms with Gasteiger partial charge in [0.15, 0.2) is 0 Å². The van der Waals surface area contributed by atoms with Gasteiger partial charge in [-0.15, -0.1) is 0 Å². The molecule has 2 nitrogen and oxygen atoms in total. The maximum Gasteiger partial charge on any atom is 0.236 e. The summed E-state index contributed by atoms with van der Waals surface area (Å²) in [5.74, 6) is 0.226. The molecule has 1 amide bonds. The number of amides is 1. The van der Waals surface area contributed by atoms with Gasteiger partial charge in [0.05, 0.1) is 4.83 Å². The normalized spacial score (nSPS) is 17.2. The van der Waals surface area contributed by atoms with E-state index in [2.05, 4.69) is 40.2 Å². The van der Waals surface area contributed by atoms with Crippen LogP contribution in [-0.2, 0) is 17.8 Å². The summed E-state index contributed by atoms with van der Waals surface area (Å²) in [6.07, 6.45) is 2.99. The topological polar surface area (TPSA) is 20.3 Å². The average Bonchev–Trinajstić information content (AvgIpc) is 2.58. The van der Waals surface area contributed by atoms with Crippen molar-refractivity contribution in [3.8, 4) is 0 Å². The van der Waals surface area contributed by atoms with Gasteiger partial charge in [-0.05, 0) is 30.4 Å². The highest BCUT2D eigenvalue weighted by atomic mass is 79.9. The van der Waals surface area contributed by atoms with E-state index in [1.807, 2.05) is 11.8 Å². The van der Waals surface area contributed by atoms with Gasteiger partial charge in [0.1, 0.15) is 0 Å². The summed E-state index contributed by atoms with van der Waals surface area (Å²) in [5.41, 5.74) is 2.69. The number of hydrogen-bond donors (Lipinski definition) is 0. The molecule has 0 spiro atoms. The molecule has 0 saturated heterocycles. The van der Waals surface area contributed by atoms with Crippen LogP contribution in [0.2, 0.25) is 0 Å². The molecule has 1 aromatic carbocycles. The van der Waals surface area contributed by atoms with E-state index in [4.69, 9.17) is 0 Å². The second-order valence-corrected chi connectivity index (χ2v) is 5.61. The summed E-state index contributed by atoms with van der Waals surface area (Å²) < 4.78 is 0. The van der Waals surface area contributed by atoms with Crippen LogP contribution in [0.3, 0.4) is 0 Å². The Bertz CT molecular complexity index is 405. The lowest BCUT2D eigenvalue weighted by Crippen LogP contribution is -2.36. The lowest BCUT2D eigenvalue weighted by molar-refractivity contribution is -0.131. The van der Waals surface area contributed by atoms with Crippen LogP contribution in [0.25, 0.3) is 0 Å². The molecule has 0 bridgehead atoms. The monoisotopic (exact) mass is 295 g/mol. The summed E-state index contributed by atoms with van der Waals surface area (Å²) in [6, 6.07) is 8.44. The van der Waals surface area contributed by atoms with Gasteiger partial charge in [-0.25, -0.2) is 0 Å². The van der Waals surface area contributed by atoms with E-state index in [0.29, 0.717) is 0 Å². The maximum atomic E-state index is 12.2. The molecule has 3 heteroatoms. The van der Waals surface area contributed by atoms with Crippen molar-refractivity contribution in [3.63, 3.8) is 0 Å². The van der Waals surface area contributed by atoms with Crippen molar-refractivity contribution in [1.82, 2.24) is 4.90 Å². The third-order valence-corrected chi connectivity index (χ3v) is 4.33. The van der Waals surface area contributed by atoms with Crippen molar-refractivity contribution in [2.75, 3.05) is 6.54 Å². The van der Waals surface area contributed by atoms with Crippen molar-refractivity contribution in [2.45, 2.75) is 37.6 Å². The van der Waals surface area contributed by atoms with Gasteiger partial charge < -0.3 is 4.90 Å². The molecule has 0 aromatic heterocycles. The summed E-state index contributed by atoms with van der Waals surface area (Å²) in [6.45, 7) is 3.66. The first-order chi connectivity index (χ1) is 8.22. The Hall–Kier alpha value is -0.830. The Morgan fingerprint density at radius 2 is 2.12 bits per heavy atom. The zero-order chi connectivity index (χ0) is 12.3. The molecule has 92 valence electrons. The van der Waals surface area contributed by atoms with Gasteiger partial charge >= 0.3 is 0 Å². The third-order valence-electron chi connectivity index (χ3n) is 3.29. The number of fused-ring (bicyclic) bond motifs is 1. The van der Waals surface area contributed by atoms with Crippen LogP contribution in [0, 0.1) is 0 Å². The molecule has 2 rings (SSSR count). The fourth-order valence-electron chi connectivity index (χ4n) is 2.26. The van der Waals surface area contributed by atoms with Gasteiger partial charge in [-0.2, -0.15) is 0 Å². The molecule has 1 aliphatic heterocycles. The molecule has 1 unspecified atom stereocenters. The van der Waals surface area contributed by atoms with Crippen LogP contribution in [0.5, 0.6) is 0 Å². The average molecular weight is 296 g/mol. The first-order valence-corrected chi connectivity index (χ1v) is 7.13. The Labute approximate surface area is 111 Å². The minimum absolute atomic E-state index is 0.0345. The molecule has 0 aliphatic carbocycles. The minimum Gasteiger partial charge on any atom is -0.337 e. The fourth-order valence-corrected chi connectivity index (χ4v) is 2.55. The van der Waals surface area contributed by atoms with E-state index in [9.17, 15) is 4.79 Å². The summed E-state index contributed by atoms with van der Waals surface area (Å²) >= 11 is 3.45. The number of aryl methyl sites for hydroxylation is 1.